The second-order valence-corrected chi connectivity index (χ2v) is 4.63. The predicted molar refractivity (Wildman–Crippen MR) is 80.7 cm³/mol. The number of allylic oxidation sites excluding steroid dienone is 1. The number of halogens is 1. The highest BCUT2D eigenvalue weighted by molar-refractivity contribution is 5.85. The van der Waals surface area contributed by atoms with Gasteiger partial charge in [-0.2, -0.15) is 0 Å². The van der Waals surface area contributed by atoms with Crippen LogP contribution in [-0.2, 0) is 0 Å². The van der Waals surface area contributed by atoms with Crippen LogP contribution < -0.4 is 10.5 Å². The fourth-order valence-electron chi connectivity index (χ4n) is 1.85. The van der Waals surface area contributed by atoms with Crippen LogP contribution in [0.5, 0.6) is 5.75 Å². The Balaban J connectivity index is 0.00000289. The van der Waals surface area contributed by atoms with Crippen LogP contribution in [0.1, 0.15) is 49.8 Å². The van der Waals surface area contributed by atoms with Crippen LogP contribution in [0.25, 0.3) is 0 Å². The number of hydrogen-bond donors (Lipinski definition) is 1. The molecule has 1 aromatic carbocycles. The lowest BCUT2D eigenvalue weighted by Crippen LogP contribution is -2.12. The van der Waals surface area contributed by atoms with Crippen LogP contribution in [0, 0.1) is 0 Å². The summed E-state index contributed by atoms with van der Waals surface area (Å²) in [6.45, 7) is 8.09. The van der Waals surface area contributed by atoms with Crippen LogP contribution in [0.15, 0.2) is 30.9 Å². The third kappa shape index (κ3) is 4.35. The molecule has 0 spiro atoms. The molecule has 1 aromatic rings. The van der Waals surface area contributed by atoms with E-state index in [0.29, 0.717) is 5.92 Å². The topological polar surface area (TPSA) is 35.2 Å². The molecule has 102 valence electrons. The maximum Gasteiger partial charge on any atom is 0.123 e. The minimum atomic E-state index is 0. The smallest absolute Gasteiger partial charge is 0.123 e. The Bertz CT molecular complexity index is 377. The Morgan fingerprint density at radius 1 is 1.39 bits per heavy atom. The van der Waals surface area contributed by atoms with Crippen molar-refractivity contribution < 1.29 is 4.74 Å². The first-order chi connectivity index (χ1) is 8.10. The molecule has 0 aromatic heterocycles. The van der Waals surface area contributed by atoms with E-state index in [9.17, 15) is 0 Å². The summed E-state index contributed by atoms with van der Waals surface area (Å²) in [4.78, 5) is 0. The molecule has 0 unspecified atom stereocenters. The van der Waals surface area contributed by atoms with E-state index in [2.05, 4.69) is 32.6 Å². The molecule has 0 amide bonds. The van der Waals surface area contributed by atoms with Crippen LogP contribution in [0.4, 0.5) is 0 Å². The van der Waals surface area contributed by atoms with Gasteiger partial charge in [0.15, 0.2) is 0 Å². The zero-order chi connectivity index (χ0) is 12.8. The maximum atomic E-state index is 6.20. The number of methoxy groups -OCH3 is 1. The molecule has 2 nitrogen and oxygen atoms in total. The summed E-state index contributed by atoms with van der Waals surface area (Å²) in [7, 11) is 1.69. The summed E-state index contributed by atoms with van der Waals surface area (Å²) in [5, 5.41) is 0. The van der Waals surface area contributed by atoms with Gasteiger partial charge in [0.05, 0.1) is 7.11 Å². The average molecular weight is 270 g/mol. The van der Waals surface area contributed by atoms with Gasteiger partial charge in [-0.25, -0.2) is 0 Å². The second kappa shape index (κ2) is 8.17. The molecule has 0 saturated carbocycles. The molecule has 0 aliphatic rings. The molecule has 1 rings (SSSR count). The summed E-state index contributed by atoms with van der Waals surface area (Å²) in [5.41, 5.74) is 8.60. The summed E-state index contributed by atoms with van der Waals surface area (Å²) in [6, 6.07) is 6.30. The van der Waals surface area contributed by atoms with E-state index in [1.165, 1.54) is 5.56 Å². The van der Waals surface area contributed by atoms with Crippen molar-refractivity contribution in [2.75, 3.05) is 7.11 Å². The van der Waals surface area contributed by atoms with E-state index in [1.807, 2.05) is 12.1 Å². The highest BCUT2D eigenvalue weighted by Crippen LogP contribution is 2.30. The Labute approximate surface area is 117 Å². The Hall–Kier alpha value is -0.990. The van der Waals surface area contributed by atoms with Gasteiger partial charge in [-0.3, -0.25) is 0 Å². The summed E-state index contributed by atoms with van der Waals surface area (Å²) < 4.78 is 5.38. The molecule has 1 atom stereocenters. The van der Waals surface area contributed by atoms with Gasteiger partial charge in [0, 0.05) is 11.6 Å². The molecule has 2 N–H and O–H groups in total. The first kappa shape index (κ1) is 17.0. The Kier molecular flexibility index (Phi) is 7.72. The van der Waals surface area contributed by atoms with E-state index < -0.39 is 0 Å². The number of benzene rings is 1. The molecular formula is C15H24ClNO. The molecule has 0 heterocycles. The molecular weight excluding hydrogens is 246 g/mol. The van der Waals surface area contributed by atoms with Crippen molar-refractivity contribution in [3.63, 3.8) is 0 Å². The summed E-state index contributed by atoms with van der Waals surface area (Å²) in [5.74, 6) is 1.39. The van der Waals surface area contributed by atoms with Gasteiger partial charge >= 0.3 is 0 Å². The molecule has 0 fully saturated rings. The quantitative estimate of drug-likeness (QED) is 0.786. The normalized spacial score (nSPS) is 11.8. The molecule has 18 heavy (non-hydrogen) atoms. The van der Waals surface area contributed by atoms with Gasteiger partial charge in [0.2, 0.25) is 0 Å². The van der Waals surface area contributed by atoms with Crippen molar-refractivity contribution in [3.8, 4) is 5.75 Å². The SMILES string of the molecule is C=CCC[C@@H](N)c1cc(C(C)C)ccc1OC.Cl. The molecule has 0 radical (unpaired) electrons. The van der Waals surface area contributed by atoms with Gasteiger partial charge in [-0.1, -0.05) is 32.1 Å². The molecule has 0 saturated heterocycles. The van der Waals surface area contributed by atoms with E-state index in [-0.39, 0.29) is 18.4 Å². The number of ether oxygens (including phenoxy) is 1. The van der Waals surface area contributed by atoms with E-state index in [4.69, 9.17) is 10.5 Å². The lowest BCUT2D eigenvalue weighted by atomic mass is 9.95. The number of rotatable bonds is 6. The highest BCUT2D eigenvalue weighted by atomic mass is 35.5. The first-order valence-electron chi connectivity index (χ1n) is 6.14. The van der Waals surface area contributed by atoms with Crippen molar-refractivity contribution in [1.29, 1.82) is 0 Å². The largest absolute Gasteiger partial charge is 0.496 e. The number of hydrogen-bond acceptors (Lipinski definition) is 2. The van der Waals surface area contributed by atoms with Crippen molar-refractivity contribution >= 4 is 12.4 Å². The molecule has 0 aliphatic carbocycles. The maximum absolute atomic E-state index is 6.20. The number of nitrogens with two attached hydrogens (primary N) is 1. The van der Waals surface area contributed by atoms with Crippen molar-refractivity contribution in [3.05, 3.63) is 42.0 Å². The van der Waals surface area contributed by atoms with Gasteiger partial charge in [-0.05, 0) is 30.4 Å². The monoisotopic (exact) mass is 269 g/mol. The Morgan fingerprint density at radius 2 is 2.06 bits per heavy atom. The summed E-state index contributed by atoms with van der Waals surface area (Å²) >= 11 is 0. The minimum Gasteiger partial charge on any atom is -0.496 e. The zero-order valence-electron chi connectivity index (χ0n) is 11.5. The third-order valence-electron chi connectivity index (χ3n) is 3.00. The Morgan fingerprint density at radius 3 is 2.56 bits per heavy atom. The lowest BCUT2D eigenvalue weighted by molar-refractivity contribution is 0.404. The lowest BCUT2D eigenvalue weighted by Gasteiger charge is -2.17. The van der Waals surface area contributed by atoms with E-state index in [0.717, 1.165) is 24.2 Å². The van der Waals surface area contributed by atoms with Crippen molar-refractivity contribution in [2.24, 2.45) is 5.73 Å². The van der Waals surface area contributed by atoms with Gasteiger partial charge in [0.1, 0.15) is 5.75 Å². The minimum absolute atomic E-state index is 0. The fourth-order valence-corrected chi connectivity index (χ4v) is 1.85. The molecule has 0 aliphatic heterocycles. The van der Waals surface area contributed by atoms with Crippen molar-refractivity contribution in [1.82, 2.24) is 0 Å². The van der Waals surface area contributed by atoms with Gasteiger partial charge in [0.25, 0.3) is 0 Å². The first-order valence-corrected chi connectivity index (χ1v) is 6.14. The molecule has 3 heteroatoms. The van der Waals surface area contributed by atoms with Gasteiger partial charge < -0.3 is 10.5 Å². The van der Waals surface area contributed by atoms with E-state index >= 15 is 0 Å². The fraction of sp³-hybridized carbons (Fsp3) is 0.467. The van der Waals surface area contributed by atoms with Crippen LogP contribution in [-0.4, -0.2) is 7.11 Å². The predicted octanol–water partition coefficient (Wildman–Crippen LogP) is 4.21. The van der Waals surface area contributed by atoms with Crippen LogP contribution in [0.2, 0.25) is 0 Å². The second-order valence-electron chi connectivity index (χ2n) is 4.63. The van der Waals surface area contributed by atoms with Crippen molar-refractivity contribution in [2.45, 2.75) is 38.6 Å². The summed E-state index contributed by atoms with van der Waals surface area (Å²) in [6.07, 6.45) is 3.73. The molecule has 0 bridgehead atoms. The van der Waals surface area contributed by atoms with Crippen LogP contribution in [0.3, 0.4) is 0 Å². The standard InChI is InChI=1S/C15H23NO.ClH/c1-5-6-7-14(16)13-10-12(11(2)3)8-9-15(13)17-4;/h5,8-11,14H,1,6-7,16H2,2-4H3;1H/t14-;/m1./s1. The van der Waals surface area contributed by atoms with Gasteiger partial charge in [-0.15, -0.1) is 19.0 Å². The third-order valence-corrected chi connectivity index (χ3v) is 3.00. The zero-order valence-corrected chi connectivity index (χ0v) is 12.3. The highest BCUT2D eigenvalue weighted by Gasteiger charge is 2.13. The van der Waals surface area contributed by atoms with E-state index in [1.54, 1.807) is 7.11 Å². The average Bonchev–Trinajstić information content (AvgIpc) is 2.34. The van der Waals surface area contributed by atoms with Crippen LogP contribution >= 0.6 is 12.4 Å².